The number of allylic oxidation sites excluding steroid dienone is 3. The molecule has 0 fully saturated rings. The summed E-state index contributed by atoms with van der Waals surface area (Å²) in [5.41, 5.74) is 3.21. The largest absolute Gasteiger partial charge is 0.355 e. The first kappa shape index (κ1) is 17.9. The van der Waals surface area contributed by atoms with E-state index in [1.165, 1.54) is 0 Å². The third-order valence-corrected chi connectivity index (χ3v) is 4.71. The van der Waals surface area contributed by atoms with Crippen LogP contribution in [0.25, 0.3) is 11.3 Å². The molecule has 2 aliphatic rings. The number of aromatic nitrogens is 1. The molecule has 1 unspecified atom stereocenters. The highest BCUT2D eigenvalue weighted by atomic mass is 16.5. The van der Waals surface area contributed by atoms with Gasteiger partial charge in [-0.2, -0.15) is 0 Å². The highest BCUT2D eigenvalue weighted by Crippen LogP contribution is 2.31. The molecule has 0 radical (unpaired) electrons. The molecule has 2 heterocycles. The smallest absolute Gasteiger partial charge is 0.299 e. The van der Waals surface area contributed by atoms with E-state index in [2.05, 4.69) is 29.3 Å². The Hall–Kier alpha value is -3.54. The van der Waals surface area contributed by atoms with Gasteiger partial charge in [0.2, 0.25) is 5.91 Å². The molecule has 6 nitrogen and oxygen atoms in total. The van der Waals surface area contributed by atoms with Gasteiger partial charge in [0, 0.05) is 29.3 Å². The number of hydrogen-bond donors (Lipinski definition) is 1. The SMILES string of the molecule is CC(C)C1=CC(=O)NC2=CC(=NC(=O)c3cc(-c4ccccc4)on3)C=CC21. The average molecular weight is 373 g/mol. The number of fused-ring (bicyclic) bond motifs is 1. The first-order valence-electron chi connectivity index (χ1n) is 9.08. The average Bonchev–Trinajstić information content (AvgIpc) is 3.18. The first-order chi connectivity index (χ1) is 13.5. The molecule has 28 heavy (non-hydrogen) atoms. The van der Waals surface area contributed by atoms with Crippen molar-refractivity contribution in [1.29, 1.82) is 0 Å². The molecule has 0 saturated carbocycles. The van der Waals surface area contributed by atoms with E-state index >= 15 is 0 Å². The molecule has 1 aromatic heterocycles. The highest BCUT2D eigenvalue weighted by molar-refractivity contribution is 6.13. The summed E-state index contributed by atoms with van der Waals surface area (Å²) in [5.74, 6) is 0.103. The second-order valence-corrected chi connectivity index (χ2v) is 7.01. The van der Waals surface area contributed by atoms with Crippen molar-refractivity contribution in [3.8, 4) is 11.3 Å². The van der Waals surface area contributed by atoms with Crippen LogP contribution in [0.1, 0.15) is 24.3 Å². The van der Waals surface area contributed by atoms with Gasteiger partial charge in [-0.15, -0.1) is 0 Å². The molecule has 1 aliphatic heterocycles. The zero-order valence-electron chi connectivity index (χ0n) is 15.5. The molecular weight excluding hydrogens is 354 g/mol. The molecule has 4 rings (SSSR count). The van der Waals surface area contributed by atoms with Crippen LogP contribution < -0.4 is 5.32 Å². The van der Waals surface area contributed by atoms with Crippen molar-refractivity contribution in [2.24, 2.45) is 16.8 Å². The van der Waals surface area contributed by atoms with Crippen LogP contribution in [0.15, 0.2) is 81.5 Å². The number of hydrogen-bond acceptors (Lipinski definition) is 4. The number of carbonyl (C=O) groups excluding carboxylic acids is 2. The van der Waals surface area contributed by atoms with Crippen LogP contribution in [-0.2, 0) is 4.79 Å². The van der Waals surface area contributed by atoms with Crippen LogP contribution >= 0.6 is 0 Å². The van der Waals surface area contributed by atoms with E-state index in [0.29, 0.717) is 11.5 Å². The molecule has 1 atom stereocenters. The van der Waals surface area contributed by atoms with Crippen molar-refractivity contribution in [3.63, 3.8) is 0 Å². The van der Waals surface area contributed by atoms with Gasteiger partial charge in [-0.25, -0.2) is 4.99 Å². The van der Waals surface area contributed by atoms with Gasteiger partial charge in [-0.3, -0.25) is 9.59 Å². The molecule has 6 heteroatoms. The van der Waals surface area contributed by atoms with Gasteiger partial charge >= 0.3 is 0 Å². The lowest BCUT2D eigenvalue weighted by molar-refractivity contribution is -0.116. The molecule has 2 amide bonds. The van der Waals surface area contributed by atoms with Crippen LogP contribution in [0, 0.1) is 11.8 Å². The number of benzene rings is 1. The summed E-state index contributed by atoms with van der Waals surface area (Å²) in [6, 6.07) is 11.0. The Morgan fingerprint density at radius 1 is 1.21 bits per heavy atom. The fourth-order valence-electron chi connectivity index (χ4n) is 3.30. The molecule has 0 bridgehead atoms. The van der Waals surface area contributed by atoms with Gasteiger partial charge in [0.15, 0.2) is 11.5 Å². The first-order valence-corrected chi connectivity index (χ1v) is 9.08. The van der Waals surface area contributed by atoms with Gasteiger partial charge in [0.25, 0.3) is 5.91 Å². The third kappa shape index (κ3) is 3.49. The van der Waals surface area contributed by atoms with E-state index in [9.17, 15) is 9.59 Å². The highest BCUT2D eigenvalue weighted by Gasteiger charge is 2.28. The van der Waals surface area contributed by atoms with Crippen molar-refractivity contribution in [1.82, 2.24) is 10.5 Å². The zero-order valence-corrected chi connectivity index (χ0v) is 15.5. The quantitative estimate of drug-likeness (QED) is 0.889. The standard InChI is InChI=1S/C22H19N3O3/c1-13(2)17-11-21(26)24-18-10-15(8-9-16(17)18)23-22(27)19-12-20(28-25-19)14-6-4-3-5-7-14/h3-13,16H,1-2H3,(H,24,26). The Balaban J connectivity index is 1.57. The normalized spacial score (nSPS) is 19.9. The van der Waals surface area contributed by atoms with Crippen molar-refractivity contribution in [3.05, 3.63) is 77.7 Å². The predicted molar refractivity (Wildman–Crippen MR) is 105 cm³/mol. The van der Waals surface area contributed by atoms with Gasteiger partial charge in [0.1, 0.15) is 0 Å². The lowest BCUT2D eigenvalue weighted by atomic mass is 9.82. The number of aliphatic imine (C=N–C) groups is 1. The second kappa shape index (κ2) is 7.23. The minimum atomic E-state index is -0.498. The Labute approximate surface area is 162 Å². The van der Waals surface area contributed by atoms with Gasteiger partial charge in [0.05, 0.1) is 5.71 Å². The Kier molecular flexibility index (Phi) is 4.61. The number of nitrogens with one attached hydrogen (secondary N) is 1. The van der Waals surface area contributed by atoms with Crippen molar-refractivity contribution in [2.75, 3.05) is 0 Å². The van der Waals surface area contributed by atoms with Crippen LogP contribution in [0.4, 0.5) is 0 Å². The molecule has 1 N–H and O–H groups in total. The van der Waals surface area contributed by atoms with Crippen molar-refractivity contribution < 1.29 is 14.1 Å². The Morgan fingerprint density at radius 2 is 2.00 bits per heavy atom. The van der Waals surface area contributed by atoms with E-state index in [-0.39, 0.29) is 23.4 Å². The van der Waals surface area contributed by atoms with Crippen LogP contribution in [0.5, 0.6) is 0 Å². The van der Waals surface area contributed by atoms with Gasteiger partial charge in [-0.05, 0) is 23.6 Å². The zero-order chi connectivity index (χ0) is 19.7. The minimum absolute atomic E-state index is 0.00323. The van der Waals surface area contributed by atoms with E-state index in [0.717, 1.165) is 16.8 Å². The van der Waals surface area contributed by atoms with E-state index in [1.807, 2.05) is 36.4 Å². The number of rotatable bonds is 3. The van der Waals surface area contributed by atoms with E-state index < -0.39 is 5.91 Å². The van der Waals surface area contributed by atoms with Gasteiger partial charge in [-0.1, -0.05) is 55.4 Å². The maximum absolute atomic E-state index is 12.5. The Morgan fingerprint density at radius 3 is 2.75 bits per heavy atom. The Bertz CT molecular complexity index is 1060. The molecular formula is C22H19N3O3. The summed E-state index contributed by atoms with van der Waals surface area (Å²) in [6.07, 6.45) is 7.11. The summed E-state index contributed by atoms with van der Waals surface area (Å²) >= 11 is 0. The van der Waals surface area contributed by atoms with Crippen LogP contribution in [0.3, 0.4) is 0 Å². The second-order valence-electron chi connectivity index (χ2n) is 7.01. The molecule has 1 aliphatic carbocycles. The van der Waals surface area contributed by atoms with Gasteiger partial charge < -0.3 is 9.84 Å². The molecule has 0 spiro atoms. The maximum Gasteiger partial charge on any atom is 0.299 e. The van der Waals surface area contributed by atoms with Crippen LogP contribution in [0.2, 0.25) is 0 Å². The lowest BCUT2D eigenvalue weighted by Crippen LogP contribution is -2.34. The topological polar surface area (TPSA) is 84.6 Å². The van der Waals surface area contributed by atoms with E-state index in [4.69, 9.17) is 4.52 Å². The number of amides is 2. The number of carbonyl (C=O) groups is 2. The maximum atomic E-state index is 12.5. The molecule has 1 aromatic carbocycles. The summed E-state index contributed by atoms with van der Waals surface area (Å²) < 4.78 is 5.26. The lowest BCUT2D eigenvalue weighted by Gasteiger charge is -2.29. The van der Waals surface area contributed by atoms with Crippen LogP contribution in [-0.4, -0.2) is 22.7 Å². The molecule has 2 aromatic rings. The summed E-state index contributed by atoms with van der Waals surface area (Å²) in [6.45, 7) is 4.11. The van der Waals surface area contributed by atoms with Crippen molar-refractivity contribution >= 4 is 17.5 Å². The molecule has 140 valence electrons. The predicted octanol–water partition coefficient (Wildman–Crippen LogP) is 3.70. The summed E-state index contributed by atoms with van der Waals surface area (Å²) in [7, 11) is 0. The van der Waals surface area contributed by atoms with E-state index in [1.54, 1.807) is 24.3 Å². The van der Waals surface area contributed by atoms with Crippen molar-refractivity contribution in [2.45, 2.75) is 13.8 Å². The number of nitrogens with zero attached hydrogens (tertiary/aromatic N) is 2. The summed E-state index contributed by atoms with van der Waals surface area (Å²) in [4.78, 5) is 28.5. The fraction of sp³-hybridized carbons (Fsp3) is 0.182. The minimum Gasteiger partial charge on any atom is -0.355 e. The summed E-state index contributed by atoms with van der Waals surface area (Å²) in [5, 5.41) is 6.67. The monoisotopic (exact) mass is 373 g/mol. The fourth-order valence-corrected chi connectivity index (χ4v) is 3.30. The third-order valence-electron chi connectivity index (χ3n) is 4.71. The molecule has 0 saturated heterocycles.